The molecule has 1 fully saturated rings. The highest BCUT2D eigenvalue weighted by molar-refractivity contribution is 5.80. The van der Waals surface area contributed by atoms with Crippen LogP contribution in [-0.4, -0.2) is 55.0 Å². The van der Waals surface area contributed by atoms with E-state index < -0.39 is 24.2 Å². The summed E-state index contributed by atoms with van der Waals surface area (Å²) in [7, 11) is 0. The molecular weight excluding hydrogens is 424 g/mol. The molecule has 2 aromatic rings. The monoisotopic (exact) mass is 452 g/mol. The standard InChI is InChI=1S/C25H28N2O6/c1-15(12-22(28)27-21-10-11-32-23(21)24(29)30)13-26-25(31)33-14-20-18-8-4-2-6-16(18)17-7-3-5-9-19(17)20/h2-9,15,20-21,23H,10-14H2,1H3,(H,26,31)(H,27,28)(H,29,30). The summed E-state index contributed by atoms with van der Waals surface area (Å²) in [6, 6.07) is 15.7. The van der Waals surface area contributed by atoms with Crippen LogP contribution in [0, 0.1) is 5.92 Å². The fraction of sp³-hybridized carbons (Fsp3) is 0.400. The third-order valence-electron chi connectivity index (χ3n) is 6.15. The summed E-state index contributed by atoms with van der Waals surface area (Å²) >= 11 is 0. The quantitative estimate of drug-likeness (QED) is 0.568. The molecule has 2 amide bonds. The molecule has 0 radical (unpaired) electrons. The van der Waals surface area contributed by atoms with Crippen molar-refractivity contribution in [2.75, 3.05) is 19.8 Å². The Balaban J connectivity index is 1.23. The Morgan fingerprint density at radius 2 is 1.73 bits per heavy atom. The van der Waals surface area contributed by atoms with Crippen LogP contribution >= 0.6 is 0 Å². The third kappa shape index (κ3) is 5.17. The number of fused-ring (bicyclic) bond motifs is 3. The second kappa shape index (κ2) is 10.0. The number of hydrogen-bond donors (Lipinski definition) is 3. The van der Waals surface area contributed by atoms with E-state index in [0.717, 1.165) is 11.1 Å². The first-order chi connectivity index (χ1) is 15.9. The first-order valence-corrected chi connectivity index (χ1v) is 11.2. The highest BCUT2D eigenvalue weighted by atomic mass is 16.5. The summed E-state index contributed by atoms with van der Waals surface area (Å²) < 4.78 is 10.6. The third-order valence-corrected chi connectivity index (χ3v) is 6.15. The average Bonchev–Trinajstić information content (AvgIpc) is 3.39. The molecule has 0 saturated carbocycles. The summed E-state index contributed by atoms with van der Waals surface area (Å²) in [5.74, 6) is -1.50. The van der Waals surface area contributed by atoms with E-state index in [0.29, 0.717) is 13.0 Å². The minimum atomic E-state index is -1.08. The Bertz CT molecular complexity index is 994. The minimum Gasteiger partial charge on any atom is -0.479 e. The molecule has 0 aromatic heterocycles. The lowest BCUT2D eigenvalue weighted by atomic mass is 9.98. The molecule has 1 aliphatic carbocycles. The van der Waals surface area contributed by atoms with E-state index in [2.05, 4.69) is 34.9 Å². The van der Waals surface area contributed by atoms with Gasteiger partial charge in [0.25, 0.3) is 0 Å². The molecular formula is C25H28N2O6. The zero-order valence-electron chi connectivity index (χ0n) is 18.5. The maximum absolute atomic E-state index is 12.3. The van der Waals surface area contributed by atoms with Gasteiger partial charge in [-0.25, -0.2) is 9.59 Å². The van der Waals surface area contributed by atoms with Crippen molar-refractivity contribution in [3.05, 3.63) is 59.7 Å². The molecule has 174 valence electrons. The second-order valence-corrected chi connectivity index (χ2v) is 8.61. The van der Waals surface area contributed by atoms with Gasteiger partial charge in [-0.2, -0.15) is 0 Å². The number of alkyl carbamates (subject to hydrolysis) is 1. The smallest absolute Gasteiger partial charge is 0.407 e. The largest absolute Gasteiger partial charge is 0.479 e. The summed E-state index contributed by atoms with van der Waals surface area (Å²) in [6.07, 6.45) is -0.913. The SMILES string of the molecule is CC(CNC(=O)OCC1c2ccccc2-c2ccccc21)CC(=O)NC1CCOC1C(=O)O. The minimum absolute atomic E-state index is 0.0119. The number of amides is 2. The summed E-state index contributed by atoms with van der Waals surface area (Å²) in [4.78, 5) is 35.7. The predicted molar refractivity (Wildman–Crippen MR) is 121 cm³/mol. The maximum Gasteiger partial charge on any atom is 0.407 e. The van der Waals surface area contributed by atoms with Crippen LogP contribution in [0.15, 0.2) is 48.5 Å². The maximum atomic E-state index is 12.3. The lowest BCUT2D eigenvalue weighted by molar-refractivity contribution is -0.148. The van der Waals surface area contributed by atoms with Crippen molar-refractivity contribution in [1.29, 1.82) is 0 Å². The Labute approximate surface area is 192 Å². The Hall–Kier alpha value is -3.39. The molecule has 8 nitrogen and oxygen atoms in total. The van der Waals surface area contributed by atoms with Crippen LogP contribution in [0.1, 0.15) is 36.8 Å². The van der Waals surface area contributed by atoms with Gasteiger partial charge >= 0.3 is 12.1 Å². The number of nitrogens with one attached hydrogen (secondary N) is 2. The summed E-state index contributed by atoms with van der Waals surface area (Å²) in [5.41, 5.74) is 4.62. The molecule has 3 unspecified atom stereocenters. The topological polar surface area (TPSA) is 114 Å². The van der Waals surface area contributed by atoms with Gasteiger partial charge in [-0.3, -0.25) is 4.79 Å². The number of carboxylic acid groups (broad SMARTS) is 1. The lowest BCUT2D eigenvalue weighted by Crippen LogP contribution is -2.44. The first-order valence-electron chi connectivity index (χ1n) is 11.2. The van der Waals surface area contributed by atoms with Gasteiger partial charge in [0, 0.05) is 25.5 Å². The number of carboxylic acids is 1. The molecule has 0 spiro atoms. The van der Waals surface area contributed by atoms with Crippen molar-refractivity contribution in [2.24, 2.45) is 5.92 Å². The second-order valence-electron chi connectivity index (χ2n) is 8.61. The van der Waals surface area contributed by atoms with Crippen molar-refractivity contribution in [2.45, 2.75) is 37.8 Å². The molecule has 0 bridgehead atoms. The highest BCUT2D eigenvalue weighted by Crippen LogP contribution is 2.44. The Morgan fingerprint density at radius 3 is 2.36 bits per heavy atom. The van der Waals surface area contributed by atoms with E-state index >= 15 is 0 Å². The number of aliphatic carboxylic acids is 1. The summed E-state index contributed by atoms with van der Waals surface area (Å²) in [6.45, 7) is 2.64. The van der Waals surface area contributed by atoms with Gasteiger partial charge < -0.3 is 25.2 Å². The molecule has 3 atom stereocenters. The number of benzene rings is 2. The molecule has 2 aromatic carbocycles. The normalized spacial score (nSPS) is 19.9. The van der Waals surface area contributed by atoms with Crippen molar-refractivity contribution < 1.29 is 29.0 Å². The Kier molecular flexibility index (Phi) is 6.93. The van der Waals surface area contributed by atoms with E-state index in [9.17, 15) is 14.4 Å². The van der Waals surface area contributed by atoms with E-state index in [4.69, 9.17) is 14.6 Å². The van der Waals surface area contributed by atoms with Gasteiger partial charge in [-0.1, -0.05) is 55.5 Å². The van der Waals surface area contributed by atoms with Gasteiger partial charge in [0.2, 0.25) is 5.91 Å². The van der Waals surface area contributed by atoms with Crippen LogP contribution in [0.5, 0.6) is 0 Å². The number of carbonyl (C=O) groups is 3. The van der Waals surface area contributed by atoms with E-state index in [1.165, 1.54) is 11.1 Å². The number of ether oxygens (including phenoxy) is 2. The van der Waals surface area contributed by atoms with Crippen LogP contribution in [0.2, 0.25) is 0 Å². The van der Waals surface area contributed by atoms with Crippen molar-refractivity contribution in [3.63, 3.8) is 0 Å². The Morgan fingerprint density at radius 1 is 1.09 bits per heavy atom. The predicted octanol–water partition coefficient (Wildman–Crippen LogP) is 2.91. The van der Waals surface area contributed by atoms with Crippen LogP contribution in [0.25, 0.3) is 11.1 Å². The number of hydrogen-bond acceptors (Lipinski definition) is 5. The van der Waals surface area contributed by atoms with Crippen molar-refractivity contribution >= 4 is 18.0 Å². The zero-order valence-corrected chi connectivity index (χ0v) is 18.5. The molecule has 1 heterocycles. The van der Waals surface area contributed by atoms with Crippen molar-refractivity contribution in [1.82, 2.24) is 10.6 Å². The van der Waals surface area contributed by atoms with Crippen LogP contribution in [0.4, 0.5) is 4.79 Å². The molecule has 8 heteroatoms. The molecule has 2 aliphatic rings. The molecule has 3 N–H and O–H groups in total. The fourth-order valence-electron chi connectivity index (χ4n) is 4.54. The van der Waals surface area contributed by atoms with Gasteiger partial charge in [0.15, 0.2) is 6.10 Å². The highest BCUT2D eigenvalue weighted by Gasteiger charge is 2.35. The number of carbonyl (C=O) groups excluding carboxylic acids is 2. The van der Waals surface area contributed by atoms with Gasteiger partial charge in [0.1, 0.15) is 6.61 Å². The molecule has 33 heavy (non-hydrogen) atoms. The van der Waals surface area contributed by atoms with Gasteiger partial charge in [-0.15, -0.1) is 0 Å². The number of rotatable bonds is 8. The molecule has 1 saturated heterocycles. The molecule has 1 aliphatic heterocycles. The zero-order chi connectivity index (χ0) is 23.4. The average molecular weight is 453 g/mol. The van der Waals surface area contributed by atoms with E-state index in [-0.39, 0.29) is 37.3 Å². The van der Waals surface area contributed by atoms with Crippen LogP contribution in [0.3, 0.4) is 0 Å². The van der Waals surface area contributed by atoms with Gasteiger partial charge in [0.05, 0.1) is 6.04 Å². The van der Waals surface area contributed by atoms with Crippen molar-refractivity contribution in [3.8, 4) is 11.1 Å². The fourth-order valence-corrected chi connectivity index (χ4v) is 4.54. The van der Waals surface area contributed by atoms with E-state index in [1.54, 1.807) is 0 Å². The lowest BCUT2D eigenvalue weighted by Gasteiger charge is -2.18. The first kappa shape index (κ1) is 22.8. The van der Waals surface area contributed by atoms with Gasteiger partial charge in [-0.05, 0) is 34.6 Å². The van der Waals surface area contributed by atoms with E-state index in [1.807, 2.05) is 31.2 Å². The van der Waals surface area contributed by atoms with Crippen LogP contribution < -0.4 is 10.6 Å². The summed E-state index contributed by atoms with van der Waals surface area (Å²) in [5, 5.41) is 14.6. The van der Waals surface area contributed by atoms with Crippen LogP contribution in [-0.2, 0) is 19.1 Å². The molecule has 4 rings (SSSR count).